The molecule has 50 heavy (non-hydrogen) atoms. The van der Waals surface area contributed by atoms with Crippen LogP contribution in [0.4, 0.5) is 27.6 Å². The molecule has 2 aromatic heterocycles. The lowest BCUT2D eigenvalue weighted by molar-refractivity contribution is -0.141. The molecule has 0 spiro atoms. The zero-order chi connectivity index (χ0) is 36.8. The van der Waals surface area contributed by atoms with Crippen LogP contribution in [0.2, 0.25) is 25.7 Å². The zero-order valence-corrected chi connectivity index (χ0v) is 30.9. The number of rotatable bonds is 13. The monoisotopic (exact) mass is 762 g/mol. The van der Waals surface area contributed by atoms with Crippen LogP contribution in [0.5, 0.6) is 0 Å². The van der Waals surface area contributed by atoms with Crippen molar-refractivity contribution in [1.82, 2.24) is 29.2 Å². The number of sulfonamides is 1. The molecular weight excluding hydrogens is 724 g/mol. The van der Waals surface area contributed by atoms with Crippen LogP contribution in [0.25, 0.3) is 26.4 Å². The molecule has 1 aliphatic heterocycles. The van der Waals surface area contributed by atoms with E-state index >= 15 is 0 Å². The highest BCUT2D eigenvalue weighted by atomic mass is 32.2. The van der Waals surface area contributed by atoms with E-state index < -0.39 is 54.6 Å². The summed E-state index contributed by atoms with van der Waals surface area (Å²) in [5.74, 6) is -0.376. The number of piperazine rings is 1. The Bertz CT molecular complexity index is 1880. The predicted octanol–water partition coefficient (Wildman–Crippen LogP) is 6.07. The zero-order valence-electron chi connectivity index (χ0n) is 28.3. The summed E-state index contributed by atoms with van der Waals surface area (Å²) in [6.07, 6.45) is -7.22. The smallest absolute Gasteiger partial charge is 0.366 e. The van der Waals surface area contributed by atoms with Gasteiger partial charge in [0.05, 0.1) is 28.9 Å². The molecule has 1 amide bonds. The lowest BCUT2D eigenvalue weighted by Gasteiger charge is -2.37. The molecule has 12 nitrogen and oxygen atoms in total. The van der Waals surface area contributed by atoms with Gasteiger partial charge in [0, 0.05) is 52.2 Å². The van der Waals surface area contributed by atoms with Crippen molar-refractivity contribution in [3.05, 3.63) is 28.6 Å². The summed E-state index contributed by atoms with van der Waals surface area (Å²) >= 11 is 0.437. The number of fused-ring (bicyclic) bond motifs is 1. The average molecular weight is 763 g/mol. The van der Waals surface area contributed by atoms with Crippen molar-refractivity contribution in [3.63, 3.8) is 0 Å². The number of hydrogen-bond acceptors (Lipinski definition) is 9. The Morgan fingerprint density at radius 3 is 2.32 bits per heavy atom. The highest BCUT2D eigenvalue weighted by Gasteiger charge is 2.61. The first-order valence-corrected chi connectivity index (χ1v) is 22.0. The Balaban J connectivity index is 1.68. The summed E-state index contributed by atoms with van der Waals surface area (Å²) in [4.78, 5) is 19.3. The van der Waals surface area contributed by atoms with Gasteiger partial charge >= 0.3 is 11.8 Å². The minimum atomic E-state index is -4.76. The molecule has 5 rings (SSSR count). The molecule has 1 aromatic carbocycles. The van der Waals surface area contributed by atoms with Crippen LogP contribution in [0.15, 0.2) is 17.0 Å². The van der Waals surface area contributed by atoms with E-state index in [1.165, 1.54) is 6.07 Å². The summed E-state index contributed by atoms with van der Waals surface area (Å²) in [5, 5.41) is 10.4. The lowest BCUT2D eigenvalue weighted by Crippen LogP contribution is -2.50. The second-order valence-corrected chi connectivity index (χ2v) is 22.5. The van der Waals surface area contributed by atoms with Gasteiger partial charge in [0.15, 0.2) is 10.0 Å². The van der Waals surface area contributed by atoms with E-state index in [9.17, 15) is 35.2 Å². The number of amides is 1. The minimum Gasteiger partial charge on any atom is -0.366 e. The number of carbonyl (C=O) groups excluding carboxylic acids is 1. The molecule has 0 N–H and O–H groups in total. The van der Waals surface area contributed by atoms with Gasteiger partial charge in [0.25, 0.3) is 16.4 Å². The molecule has 3 aromatic rings. The van der Waals surface area contributed by atoms with E-state index in [1.54, 1.807) is 23.6 Å². The van der Waals surface area contributed by atoms with Crippen molar-refractivity contribution in [1.29, 1.82) is 0 Å². The maximum atomic E-state index is 14.5. The van der Waals surface area contributed by atoms with Gasteiger partial charge in [0.1, 0.15) is 19.0 Å². The number of aromatic nitrogens is 4. The Kier molecular flexibility index (Phi) is 10.7. The van der Waals surface area contributed by atoms with Gasteiger partial charge in [-0.25, -0.2) is 23.8 Å². The van der Waals surface area contributed by atoms with E-state index in [-0.39, 0.29) is 89.6 Å². The standard InChI is InChI=1S/C30H39F5N8O4S2Si/c1-19(2)28(44)41-11-9-40(10-12-41)22-16-20(49(45,46)43(29(36-3)7-8-29)18-47-13-14-50(4,5)6)15-21-23(26-37-38-27(48-26)25(31)32)39-42(24(21)22)17-30(33,34)35/h15-16,19,25H,7-14,17-18H2,1-2,4-6H3. The molecular formula is C30H39F5N8O4S2Si. The molecule has 2 fully saturated rings. The predicted molar refractivity (Wildman–Crippen MR) is 180 cm³/mol. The first-order chi connectivity index (χ1) is 23.3. The second kappa shape index (κ2) is 14.0. The number of halogens is 5. The number of alkyl halides is 5. The van der Waals surface area contributed by atoms with E-state index in [4.69, 9.17) is 11.3 Å². The Morgan fingerprint density at radius 2 is 1.80 bits per heavy atom. The molecule has 20 heteroatoms. The first kappa shape index (κ1) is 38.0. The summed E-state index contributed by atoms with van der Waals surface area (Å²) in [6, 6.07) is 3.16. The van der Waals surface area contributed by atoms with Crippen molar-refractivity contribution in [3.8, 4) is 10.7 Å². The Hall–Kier alpha value is -3.25. The maximum absolute atomic E-state index is 14.5. The highest BCUT2D eigenvalue weighted by molar-refractivity contribution is 7.89. The Labute approximate surface area is 292 Å². The van der Waals surface area contributed by atoms with Crippen LogP contribution in [0, 0.1) is 12.5 Å². The highest BCUT2D eigenvalue weighted by Crippen LogP contribution is 2.47. The van der Waals surface area contributed by atoms with Crippen molar-refractivity contribution in [2.75, 3.05) is 44.4 Å². The normalized spacial score (nSPS) is 17.0. The van der Waals surface area contributed by atoms with Crippen LogP contribution in [-0.2, 0) is 26.1 Å². The van der Waals surface area contributed by atoms with Crippen LogP contribution in [0.3, 0.4) is 0 Å². The van der Waals surface area contributed by atoms with Crippen molar-refractivity contribution < 1.29 is 39.9 Å². The minimum absolute atomic E-state index is 0.0739. The Morgan fingerprint density at radius 1 is 1.14 bits per heavy atom. The molecule has 0 unspecified atom stereocenters. The van der Waals surface area contributed by atoms with Crippen LogP contribution in [-0.4, -0.2) is 103 Å². The molecule has 1 aliphatic carbocycles. The number of benzene rings is 1. The first-order valence-electron chi connectivity index (χ1n) is 16.0. The second-order valence-electron chi connectivity index (χ2n) is 14.0. The third-order valence-electron chi connectivity index (χ3n) is 8.54. The van der Waals surface area contributed by atoms with E-state index in [1.807, 2.05) is 0 Å². The molecule has 0 radical (unpaired) electrons. The molecule has 0 bridgehead atoms. The van der Waals surface area contributed by atoms with Crippen molar-refractivity contribution in [2.24, 2.45) is 5.92 Å². The summed E-state index contributed by atoms with van der Waals surface area (Å²) in [5.41, 5.74) is -1.63. The fourth-order valence-electron chi connectivity index (χ4n) is 5.65. The molecule has 274 valence electrons. The van der Waals surface area contributed by atoms with Crippen LogP contribution in [0.1, 0.15) is 38.1 Å². The molecule has 2 aliphatic rings. The fraction of sp³-hybridized carbons (Fsp3) is 0.633. The van der Waals surface area contributed by atoms with E-state index in [2.05, 4.69) is 39.8 Å². The molecule has 3 heterocycles. The van der Waals surface area contributed by atoms with Crippen molar-refractivity contribution >= 4 is 51.9 Å². The molecule has 1 saturated carbocycles. The lowest BCUT2D eigenvalue weighted by atomic mass is 10.1. The van der Waals surface area contributed by atoms with Gasteiger partial charge in [0.2, 0.25) is 5.91 Å². The van der Waals surface area contributed by atoms with Crippen molar-refractivity contribution in [2.45, 2.75) is 82.1 Å². The largest absolute Gasteiger partial charge is 0.408 e. The van der Waals surface area contributed by atoms with Gasteiger partial charge in [-0.1, -0.05) is 49.1 Å². The SMILES string of the molecule is [C-]#[N+]C1(N(COCC[Si](C)(C)C)S(=O)(=O)c2cc(N3CCN(C(=O)C(C)C)CC3)c3c(c2)c(-c2nnc(C(F)F)s2)nn3CC(F)(F)F)CC1. The van der Waals surface area contributed by atoms with Crippen LogP contribution < -0.4 is 4.90 Å². The fourth-order valence-corrected chi connectivity index (χ4v) is 8.77. The number of carbonyl (C=O) groups is 1. The third-order valence-corrected chi connectivity index (χ3v) is 13.0. The average Bonchev–Trinajstić information content (AvgIpc) is 3.50. The topological polar surface area (TPSA) is 118 Å². The number of hydrogen-bond donors (Lipinski definition) is 0. The van der Waals surface area contributed by atoms with Gasteiger partial charge in [-0.05, 0) is 18.2 Å². The van der Waals surface area contributed by atoms with Gasteiger partial charge in [-0.15, -0.1) is 10.2 Å². The van der Waals surface area contributed by atoms with E-state index in [0.717, 1.165) is 16.4 Å². The third kappa shape index (κ3) is 8.11. The van der Waals surface area contributed by atoms with E-state index in [0.29, 0.717) is 16.0 Å². The maximum Gasteiger partial charge on any atom is 0.408 e. The summed E-state index contributed by atoms with van der Waals surface area (Å²) in [7, 11) is -6.08. The molecule has 1 saturated heterocycles. The molecule has 0 atom stereocenters. The quantitative estimate of drug-likeness (QED) is 0.0678. The number of anilines is 1. The van der Waals surface area contributed by atoms with Crippen LogP contribution >= 0.6 is 11.3 Å². The summed E-state index contributed by atoms with van der Waals surface area (Å²) in [6.45, 7) is 16.8. The number of ether oxygens (including phenoxy) is 1. The van der Waals surface area contributed by atoms with Gasteiger partial charge in [-0.2, -0.15) is 18.3 Å². The van der Waals surface area contributed by atoms with Gasteiger partial charge < -0.3 is 14.5 Å². The van der Waals surface area contributed by atoms with Gasteiger partial charge in [-0.3, -0.25) is 14.3 Å². The number of nitrogens with zero attached hydrogens (tertiary/aromatic N) is 8. The summed E-state index contributed by atoms with van der Waals surface area (Å²) < 4.78 is 106.